The van der Waals surface area contributed by atoms with Crippen molar-refractivity contribution in [3.05, 3.63) is 23.9 Å². The molecule has 1 aliphatic rings. The van der Waals surface area contributed by atoms with Crippen molar-refractivity contribution in [2.75, 3.05) is 20.1 Å². The topological polar surface area (TPSA) is 15.6 Å². The molecule has 1 saturated heterocycles. The van der Waals surface area contributed by atoms with Gasteiger partial charge in [-0.3, -0.25) is 4.99 Å². The van der Waals surface area contributed by atoms with E-state index in [1.807, 2.05) is 7.05 Å². The van der Waals surface area contributed by atoms with Gasteiger partial charge in [-0.2, -0.15) is 0 Å². The Balaban J connectivity index is 2.67. The lowest BCUT2D eigenvalue weighted by atomic mass is 9.97. The third-order valence-electron chi connectivity index (χ3n) is 3.67. The predicted molar refractivity (Wildman–Crippen MR) is 76.5 cm³/mol. The van der Waals surface area contributed by atoms with Gasteiger partial charge in [-0.05, 0) is 24.8 Å². The molecule has 0 aromatic heterocycles. The number of aliphatic imine (C=N–C) groups is 1. The van der Waals surface area contributed by atoms with Crippen molar-refractivity contribution in [2.45, 2.75) is 40.0 Å². The lowest BCUT2D eigenvalue weighted by Crippen LogP contribution is -2.36. The zero-order valence-electron chi connectivity index (χ0n) is 11.8. The second-order valence-corrected chi connectivity index (χ2v) is 4.84. The van der Waals surface area contributed by atoms with Crippen LogP contribution in [0, 0.1) is 5.92 Å². The van der Waals surface area contributed by atoms with Gasteiger partial charge in [0.2, 0.25) is 0 Å². The summed E-state index contributed by atoms with van der Waals surface area (Å²) in [5, 5.41) is 0. The number of rotatable bonds is 4. The first-order valence-electron chi connectivity index (χ1n) is 6.68. The summed E-state index contributed by atoms with van der Waals surface area (Å²) in [6.07, 6.45) is 5.70. The van der Waals surface area contributed by atoms with E-state index in [1.165, 1.54) is 29.8 Å². The SMILES string of the molecule is C=C(C(C)CCC)N1CCC(=NC)/C(=C\C)C1. The van der Waals surface area contributed by atoms with E-state index >= 15 is 0 Å². The highest BCUT2D eigenvalue weighted by Gasteiger charge is 2.21. The highest BCUT2D eigenvalue weighted by Crippen LogP contribution is 2.24. The third-order valence-corrected chi connectivity index (χ3v) is 3.67. The zero-order valence-corrected chi connectivity index (χ0v) is 11.8. The van der Waals surface area contributed by atoms with E-state index in [2.05, 4.69) is 43.3 Å². The van der Waals surface area contributed by atoms with E-state index in [1.54, 1.807) is 0 Å². The molecule has 0 amide bonds. The van der Waals surface area contributed by atoms with E-state index < -0.39 is 0 Å². The van der Waals surface area contributed by atoms with Gasteiger partial charge in [-0.25, -0.2) is 0 Å². The molecule has 1 aliphatic heterocycles. The molecule has 17 heavy (non-hydrogen) atoms. The Morgan fingerprint density at radius 3 is 2.82 bits per heavy atom. The number of allylic oxidation sites excluding steroid dienone is 2. The molecule has 1 fully saturated rings. The van der Waals surface area contributed by atoms with Crippen LogP contribution in [0.5, 0.6) is 0 Å². The summed E-state index contributed by atoms with van der Waals surface area (Å²) in [5.74, 6) is 0.596. The average Bonchev–Trinajstić information content (AvgIpc) is 2.37. The highest BCUT2D eigenvalue weighted by atomic mass is 15.1. The number of likely N-dealkylation sites (tertiary alicyclic amines) is 1. The molecular formula is C15H26N2. The summed E-state index contributed by atoms with van der Waals surface area (Å²) in [4.78, 5) is 6.79. The summed E-state index contributed by atoms with van der Waals surface area (Å²) < 4.78 is 0. The second-order valence-electron chi connectivity index (χ2n) is 4.84. The lowest BCUT2D eigenvalue weighted by Gasteiger charge is -2.35. The second kappa shape index (κ2) is 6.63. The zero-order chi connectivity index (χ0) is 12.8. The molecular weight excluding hydrogens is 208 g/mol. The van der Waals surface area contributed by atoms with Crippen LogP contribution in [-0.4, -0.2) is 30.7 Å². The smallest absolute Gasteiger partial charge is 0.0441 e. The first-order chi connectivity index (χ1) is 8.13. The quantitative estimate of drug-likeness (QED) is 0.725. The molecule has 0 aromatic rings. The van der Waals surface area contributed by atoms with Crippen molar-refractivity contribution in [1.29, 1.82) is 0 Å². The van der Waals surface area contributed by atoms with Crippen LogP contribution in [0.3, 0.4) is 0 Å². The summed E-state index contributed by atoms with van der Waals surface area (Å²) in [7, 11) is 1.89. The molecule has 0 spiro atoms. The molecule has 96 valence electrons. The van der Waals surface area contributed by atoms with Gasteiger partial charge in [0, 0.05) is 38.0 Å². The van der Waals surface area contributed by atoms with Gasteiger partial charge in [0.15, 0.2) is 0 Å². The highest BCUT2D eigenvalue weighted by molar-refractivity contribution is 6.01. The van der Waals surface area contributed by atoms with Gasteiger partial charge < -0.3 is 4.90 Å². The van der Waals surface area contributed by atoms with Crippen LogP contribution in [0.2, 0.25) is 0 Å². The van der Waals surface area contributed by atoms with E-state index in [0.717, 1.165) is 19.5 Å². The van der Waals surface area contributed by atoms with Gasteiger partial charge in [0.05, 0.1) is 0 Å². The maximum atomic E-state index is 4.37. The molecule has 0 radical (unpaired) electrons. The summed E-state index contributed by atoms with van der Waals surface area (Å²) in [6.45, 7) is 12.9. The van der Waals surface area contributed by atoms with Crippen molar-refractivity contribution in [2.24, 2.45) is 10.9 Å². The fraction of sp³-hybridized carbons (Fsp3) is 0.667. The van der Waals surface area contributed by atoms with Crippen molar-refractivity contribution in [3.8, 4) is 0 Å². The minimum Gasteiger partial charge on any atom is -0.370 e. The van der Waals surface area contributed by atoms with Crippen LogP contribution in [0.15, 0.2) is 28.9 Å². The van der Waals surface area contributed by atoms with Crippen LogP contribution in [0.1, 0.15) is 40.0 Å². The molecule has 1 unspecified atom stereocenters. The van der Waals surface area contributed by atoms with Gasteiger partial charge in [0.25, 0.3) is 0 Å². The van der Waals surface area contributed by atoms with E-state index in [-0.39, 0.29) is 0 Å². The van der Waals surface area contributed by atoms with Gasteiger partial charge >= 0.3 is 0 Å². The van der Waals surface area contributed by atoms with Gasteiger partial charge in [-0.15, -0.1) is 0 Å². The predicted octanol–water partition coefficient (Wildman–Crippen LogP) is 3.66. The van der Waals surface area contributed by atoms with Gasteiger partial charge in [0.1, 0.15) is 0 Å². The standard InChI is InChI=1S/C15H26N2/c1-6-8-12(3)13(4)17-10-9-15(16-5)14(7-2)11-17/h7,12H,4,6,8-11H2,1-3,5H3/b14-7-,16-15?. The Labute approximate surface area is 106 Å². The maximum Gasteiger partial charge on any atom is 0.0441 e. The lowest BCUT2D eigenvalue weighted by molar-refractivity contribution is 0.325. The van der Waals surface area contributed by atoms with Crippen molar-refractivity contribution < 1.29 is 0 Å². The molecule has 0 N–H and O–H groups in total. The summed E-state index contributed by atoms with van der Waals surface area (Å²) in [5.41, 5.74) is 3.92. The van der Waals surface area contributed by atoms with Crippen LogP contribution in [0.25, 0.3) is 0 Å². The molecule has 1 atom stereocenters. The molecule has 0 aliphatic carbocycles. The minimum atomic E-state index is 0.596. The fourth-order valence-corrected chi connectivity index (χ4v) is 2.45. The Morgan fingerprint density at radius 2 is 2.29 bits per heavy atom. The number of hydrogen-bond acceptors (Lipinski definition) is 2. The Hall–Kier alpha value is -1.05. The Morgan fingerprint density at radius 1 is 1.59 bits per heavy atom. The van der Waals surface area contributed by atoms with Crippen LogP contribution in [0.4, 0.5) is 0 Å². The molecule has 1 rings (SSSR count). The average molecular weight is 234 g/mol. The molecule has 2 nitrogen and oxygen atoms in total. The third kappa shape index (κ3) is 3.45. The summed E-state index contributed by atoms with van der Waals surface area (Å²) in [6, 6.07) is 0. The van der Waals surface area contributed by atoms with Crippen LogP contribution >= 0.6 is 0 Å². The van der Waals surface area contributed by atoms with Crippen molar-refractivity contribution in [3.63, 3.8) is 0 Å². The van der Waals surface area contributed by atoms with Crippen molar-refractivity contribution >= 4 is 5.71 Å². The molecule has 0 bridgehead atoms. The van der Waals surface area contributed by atoms with Crippen LogP contribution in [-0.2, 0) is 0 Å². The fourth-order valence-electron chi connectivity index (χ4n) is 2.45. The Bertz CT molecular complexity index is 326. The van der Waals surface area contributed by atoms with Gasteiger partial charge in [-0.1, -0.05) is 32.9 Å². The molecule has 0 saturated carbocycles. The Kier molecular flexibility index (Phi) is 5.46. The minimum absolute atomic E-state index is 0.596. The normalized spacial score (nSPS) is 23.2. The molecule has 0 aromatic carbocycles. The number of hydrogen-bond donors (Lipinski definition) is 0. The first kappa shape index (κ1) is 14.0. The van der Waals surface area contributed by atoms with Crippen molar-refractivity contribution in [1.82, 2.24) is 4.90 Å². The number of piperidine rings is 1. The first-order valence-corrected chi connectivity index (χ1v) is 6.68. The largest absolute Gasteiger partial charge is 0.370 e. The summed E-state index contributed by atoms with van der Waals surface area (Å²) >= 11 is 0. The van der Waals surface area contributed by atoms with Crippen LogP contribution < -0.4 is 0 Å². The molecule has 1 heterocycles. The monoisotopic (exact) mass is 234 g/mol. The molecule has 2 heteroatoms. The number of nitrogens with zero attached hydrogens (tertiary/aromatic N) is 2. The van der Waals surface area contributed by atoms with E-state index in [4.69, 9.17) is 0 Å². The maximum absolute atomic E-state index is 4.37. The van der Waals surface area contributed by atoms with E-state index in [9.17, 15) is 0 Å². The van der Waals surface area contributed by atoms with E-state index in [0.29, 0.717) is 5.92 Å².